The number of carbonyl (C=O) groups is 1. The van der Waals surface area contributed by atoms with Gasteiger partial charge < -0.3 is 14.8 Å². The molecule has 6 nitrogen and oxygen atoms in total. The van der Waals surface area contributed by atoms with Gasteiger partial charge in [-0.2, -0.15) is 0 Å². The maximum atomic E-state index is 14.3. The zero-order valence-corrected chi connectivity index (χ0v) is 17.5. The zero-order chi connectivity index (χ0) is 22.2. The molecule has 0 spiro atoms. The number of nitrogens with zero attached hydrogens (tertiary/aromatic N) is 2. The number of carbonyl (C=O) groups excluding carboxylic acids is 1. The Balaban J connectivity index is 1.26. The van der Waals surface area contributed by atoms with Crippen LogP contribution in [0.5, 0.6) is 17.4 Å². The fourth-order valence-electron chi connectivity index (χ4n) is 3.42. The molecule has 0 unspecified atom stereocenters. The molecule has 164 valence electrons. The first kappa shape index (κ1) is 21.5. The van der Waals surface area contributed by atoms with Gasteiger partial charge in [0.05, 0.1) is 6.20 Å². The summed E-state index contributed by atoms with van der Waals surface area (Å²) in [5, 5.41) is 2.79. The van der Waals surface area contributed by atoms with Gasteiger partial charge in [0.2, 0.25) is 11.8 Å². The zero-order valence-electron chi connectivity index (χ0n) is 17.5. The van der Waals surface area contributed by atoms with Crippen LogP contribution in [-0.2, 0) is 11.3 Å². The highest BCUT2D eigenvalue weighted by Crippen LogP contribution is 2.25. The predicted molar refractivity (Wildman–Crippen MR) is 119 cm³/mol. The Morgan fingerprint density at radius 2 is 2.03 bits per heavy atom. The Bertz CT molecular complexity index is 1070. The van der Waals surface area contributed by atoms with Crippen LogP contribution in [0.3, 0.4) is 0 Å². The Labute approximate surface area is 186 Å². The second kappa shape index (κ2) is 10.5. The van der Waals surface area contributed by atoms with E-state index in [1.54, 1.807) is 36.7 Å². The summed E-state index contributed by atoms with van der Waals surface area (Å²) >= 11 is 0. The lowest BCUT2D eigenvalue weighted by atomic mass is 10.2. The number of nitrogens with one attached hydrogen (secondary N) is 1. The van der Waals surface area contributed by atoms with E-state index in [4.69, 9.17) is 9.47 Å². The van der Waals surface area contributed by atoms with Gasteiger partial charge in [0, 0.05) is 31.1 Å². The molecule has 1 aromatic carbocycles. The van der Waals surface area contributed by atoms with Crippen LogP contribution in [0, 0.1) is 5.82 Å². The Morgan fingerprint density at radius 3 is 2.75 bits per heavy atom. The summed E-state index contributed by atoms with van der Waals surface area (Å²) in [6, 6.07) is 11.6. The first-order valence-corrected chi connectivity index (χ1v) is 10.6. The lowest BCUT2D eigenvalue weighted by Gasteiger charge is -2.12. The van der Waals surface area contributed by atoms with Crippen LogP contribution in [0.25, 0.3) is 6.08 Å². The fourth-order valence-corrected chi connectivity index (χ4v) is 3.42. The van der Waals surface area contributed by atoms with Gasteiger partial charge in [-0.1, -0.05) is 12.1 Å². The lowest BCUT2D eigenvalue weighted by molar-refractivity contribution is -0.116. The minimum Gasteiger partial charge on any atom is -0.474 e. The van der Waals surface area contributed by atoms with E-state index in [0.717, 1.165) is 18.4 Å². The van der Waals surface area contributed by atoms with Gasteiger partial charge in [0.15, 0.2) is 11.6 Å². The summed E-state index contributed by atoms with van der Waals surface area (Å²) < 4.78 is 25.6. The highest BCUT2D eigenvalue weighted by atomic mass is 19.1. The van der Waals surface area contributed by atoms with E-state index >= 15 is 0 Å². The van der Waals surface area contributed by atoms with E-state index in [9.17, 15) is 9.18 Å². The Hall–Kier alpha value is -3.74. The molecule has 3 aromatic rings. The normalized spacial score (nSPS) is 13.9. The third-order valence-corrected chi connectivity index (χ3v) is 5.10. The molecule has 1 aliphatic carbocycles. The summed E-state index contributed by atoms with van der Waals surface area (Å²) in [4.78, 5) is 20.4. The number of aromatic nitrogens is 2. The molecule has 0 radical (unpaired) electrons. The van der Waals surface area contributed by atoms with Crippen LogP contribution < -0.4 is 14.8 Å². The molecular weight excluding hydrogens is 409 g/mol. The van der Waals surface area contributed by atoms with E-state index < -0.39 is 5.82 Å². The molecule has 1 amide bonds. The average molecular weight is 433 g/mol. The summed E-state index contributed by atoms with van der Waals surface area (Å²) in [7, 11) is 0. The van der Waals surface area contributed by atoms with E-state index in [1.807, 2.05) is 12.1 Å². The van der Waals surface area contributed by atoms with Crippen molar-refractivity contribution in [1.29, 1.82) is 0 Å². The SMILES string of the molecule is O=C(/C=C/c1ccc(Oc2cccnc2)c(F)c1)NCc1ccc(OC2CCCC2)nc1. The number of hydrogen-bond acceptors (Lipinski definition) is 5. The Kier molecular flexibility index (Phi) is 7.07. The number of hydrogen-bond donors (Lipinski definition) is 1. The van der Waals surface area contributed by atoms with Crippen molar-refractivity contribution in [3.8, 4) is 17.4 Å². The molecule has 1 fully saturated rings. The van der Waals surface area contributed by atoms with E-state index in [2.05, 4.69) is 15.3 Å². The molecule has 2 aromatic heterocycles. The van der Waals surface area contributed by atoms with E-state index in [0.29, 0.717) is 23.7 Å². The number of halogens is 1. The van der Waals surface area contributed by atoms with Gasteiger partial charge in [0.25, 0.3) is 0 Å². The Morgan fingerprint density at radius 1 is 1.16 bits per heavy atom. The standard InChI is InChI=1S/C25H24FN3O3/c26-22-14-18(7-10-23(22)31-21-6-3-13-27-17-21)8-11-24(30)28-15-19-9-12-25(29-16-19)32-20-4-1-2-5-20/h3,6-14,16-17,20H,1-2,4-5,15H2,(H,28,30)/b11-8+. The molecule has 7 heteroatoms. The molecule has 1 saturated carbocycles. The average Bonchev–Trinajstić information content (AvgIpc) is 3.33. The smallest absolute Gasteiger partial charge is 0.244 e. The van der Waals surface area contributed by atoms with Crippen LogP contribution in [-0.4, -0.2) is 22.0 Å². The highest BCUT2D eigenvalue weighted by molar-refractivity contribution is 5.91. The molecule has 0 aliphatic heterocycles. The summed E-state index contributed by atoms with van der Waals surface area (Å²) in [5.74, 6) is 0.341. The first-order chi connectivity index (χ1) is 15.7. The fraction of sp³-hybridized carbons (Fsp3) is 0.240. The van der Waals surface area contributed by atoms with Crippen LogP contribution in [0.2, 0.25) is 0 Å². The van der Waals surface area contributed by atoms with Crippen molar-refractivity contribution in [3.63, 3.8) is 0 Å². The summed E-state index contributed by atoms with van der Waals surface area (Å²) in [6.07, 6.45) is 12.6. The van der Waals surface area contributed by atoms with Gasteiger partial charge >= 0.3 is 0 Å². The summed E-state index contributed by atoms with van der Waals surface area (Å²) in [6.45, 7) is 0.339. The highest BCUT2D eigenvalue weighted by Gasteiger charge is 2.16. The predicted octanol–water partition coefficient (Wildman–Crippen LogP) is 5.06. The van der Waals surface area contributed by atoms with Crippen molar-refractivity contribution < 1.29 is 18.7 Å². The molecule has 1 aliphatic rings. The van der Waals surface area contributed by atoms with Gasteiger partial charge in [-0.15, -0.1) is 0 Å². The number of amides is 1. The molecule has 1 N–H and O–H groups in total. The molecule has 4 rings (SSSR count). The first-order valence-electron chi connectivity index (χ1n) is 10.6. The number of rotatable bonds is 8. The maximum absolute atomic E-state index is 14.3. The third kappa shape index (κ3) is 6.14. The van der Waals surface area contributed by atoms with Crippen molar-refractivity contribution in [2.24, 2.45) is 0 Å². The van der Waals surface area contributed by atoms with Crippen LogP contribution in [0.4, 0.5) is 4.39 Å². The van der Waals surface area contributed by atoms with E-state index in [1.165, 1.54) is 37.2 Å². The topological polar surface area (TPSA) is 73.3 Å². The van der Waals surface area contributed by atoms with Gasteiger partial charge in [-0.25, -0.2) is 9.37 Å². The monoisotopic (exact) mass is 433 g/mol. The molecule has 0 atom stereocenters. The second-order valence-corrected chi connectivity index (χ2v) is 7.56. The van der Waals surface area contributed by atoms with Gasteiger partial charge in [-0.3, -0.25) is 9.78 Å². The van der Waals surface area contributed by atoms with E-state index in [-0.39, 0.29) is 17.8 Å². The van der Waals surface area contributed by atoms with Crippen LogP contribution in [0.1, 0.15) is 36.8 Å². The largest absolute Gasteiger partial charge is 0.474 e. The minimum absolute atomic E-state index is 0.0902. The molecule has 0 saturated heterocycles. The second-order valence-electron chi connectivity index (χ2n) is 7.56. The maximum Gasteiger partial charge on any atom is 0.244 e. The van der Waals surface area contributed by atoms with Crippen molar-refractivity contribution in [2.75, 3.05) is 0 Å². The number of ether oxygens (including phenoxy) is 2. The quantitative estimate of drug-likeness (QED) is 0.503. The van der Waals surface area contributed by atoms with Crippen molar-refractivity contribution in [1.82, 2.24) is 15.3 Å². The van der Waals surface area contributed by atoms with Crippen molar-refractivity contribution in [2.45, 2.75) is 38.3 Å². The molecular formula is C25H24FN3O3. The van der Waals surface area contributed by atoms with Gasteiger partial charge in [-0.05, 0) is 67.2 Å². The summed E-state index contributed by atoms with van der Waals surface area (Å²) in [5.41, 5.74) is 1.42. The number of benzene rings is 1. The molecule has 32 heavy (non-hydrogen) atoms. The molecule has 2 heterocycles. The lowest BCUT2D eigenvalue weighted by Crippen LogP contribution is -2.20. The van der Waals surface area contributed by atoms with Crippen molar-refractivity contribution in [3.05, 3.63) is 84.1 Å². The third-order valence-electron chi connectivity index (χ3n) is 5.10. The molecule has 0 bridgehead atoms. The van der Waals surface area contributed by atoms with Crippen LogP contribution >= 0.6 is 0 Å². The number of pyridine rings is 2. The van der Waals surface area contributed by atoms with Crippen LogP contribution in [0.15, 0.2) is 67.1 Å². The van der Waals surface area contributed by atoms with Gasteiger partial charge in [0.1, 0.15) is 11.9 Å². The minimum atomic E-state index is -0.526. The van der Waals surface area contributed by atoms with Crippen molar-refractivity contribution >= 4 is 12.0 Å².